The Kier molecular flexibility index (Phi) is 13.5. The topological polar surface area (TPSA) is 256 Å². The van der Waals surface area contributed by atoms with Crippen LogP contribution < -0.4 is 5.32 Å². The second kappa shape index (κ2) is 18.0. The summed E-state index contributed by atoms with van der Waals surface area (Å²) in [5.74, 6) is -6.88. The Morgan fingerprint density at radius 1 is 0.841 bits per heavy atom. The van der Waals surface area contributed by atoms with Gasteiger partial charge in [-0.25, -0.2) is 9.59 Å². The van der Waals surface area contributed by atoms with E-state index in [0.29, 0.717) is 5.56 Å². The largest absolute Gasteiger partial charge is 0.459 e. The van der Waals surface area contributed by atoms with Crippen LogP contribution >= 0.6 is 0 Å². The van der Waals surface area contributed by atoms with E-state index in [0.717, 1.165) is 6.92 Å². The van der Waals surface area contributed by atoms with Crippen LogP contribution in [0.4, 0.5) is 0 Å². The molecule has 0 heterocycles. The number of carbonyl (C=O) groups excluding carboxylic acids is 5. The van der Waals surface area contributed by atoms with E-state index >= 15 is 4.79 Å². The molecule has 3 aromatic carbocycles. The van der Waals surface area contributed by atoms with Crippen molar-refractivity contribution in [3.63, 3.8) is 0 Å². The van der Waals surface area contributed by atoms with Gasteiger partial charge in [0.05, 0.1) is 29.7 Å². The van der Waals surface area contributed by atoms with Crippen molar-refractivity contribution in [1.29, 1.82) is 0 Å². The second-order valence-corrected chi connectivity index (χ2v) is 17.4. The first-order chi connectivity index (χ1) is 29.6. The smallest absolute Gasteiger partial charge is 0.338 e. The highest BCUT2D eigenvalue weighted by Crippen LogP contribution is 2.62. The molecule has 2 saturated carbocycles. The standard InChI is InChI=1S/C47H55NO15/c1-25-31(62-43(57)36(53)35(28-16-10-7-11-17-28)48-41(55)29-18-12-8-13-19-29)23-47(59)40(63-42(56)30-20-14-9-15-21-30)38-45(6,32(52)22-33(60-26(2)50)46(38,58)24-49)39(54)37(61-27(3)51)34(25)44(47,4)5/h7-21,27,31-33,35-38,40,49,51-53,58-59H,22-24H2,1-6H3,(H,48,55)/t27?,31-,32-,33-,35?,36+,37+,38?,40-,45+,46-,47+/m0/s1. The Balaban J connectivity index is 1.54. The molecule has 1 amide bonds. The third kappa shape index (κ3) is 8.44. The zero-order valence-electron chi connectivity index (χ0n) is 35.8. The fourth-order valence-electron chi connectivity index (χ4n) is 9.85. The number of rotatable bonds is 12. The number of carbonyl (C=O) groups is 5. The van der Waals surface area contributed by atoms with Crippen molar-refractivity contribution in [2.45, 2.75) is 115 Å². The fraction of sp³-hybridized carbons (Fsp3) is 0.468. The molecule has 3 aliphatic carbocycles. The molecule has 0 aromatic heterocycles. The molecule has 0 radical (unpaired) electrons. The third-order valence-corrected chi connectivity index (χ3v) is 13.3. The van der Waals surface area contributed by atoms with E-state index in [2.05, 4.69) is 5.32 Å². The molecule has 2 fully saturated rings. The molecule has 3 aromatic rings. The van der Waals surface area contributed by atoms with Crippen LogP contribution in [0.2, 0.25) is 0 Å². The van der Waals surface area contributed by atoms with Gasteiger partial charge in [0.1, 0.15) is 35.6 Å². The molecule has 3 unspecified atom stereocenters. The average molecular weight is 874 g/mol. The van der Waals surface area contributed by atoms with E-state index in [1.807, 2.05) is 0 Å². The molecule has 2 bridgehead atoms. The minimum Gasteiger partial charge on any atom is -0.459 e. The number of esters is 3. The summed E-state index contributed by atoms with van der Waals surface area (Å²) in [7, 11) is 0. The maximum Gasteiger partial charge on any atom is 0.338 e. The SMILES string of the molecule is CC(=O)O[C@H]1C[C@H](O)[C@@]2(C)C(=O)[C@H](OC(C)O)C3=C(C)[C@@H](OC(=O)[C@H](O)C(NC(=O)c4ccccc4)c4ccccc4)C[C@@](O)([C@@H](OC(=O)c4ccccc4)C2[C@]1(O)CO)C3(C)C. The van der Waals surface area contributed by atoms with Gasteiger partial charge < -0.3 is 54.9 Å². The lowest BCUT2D eigenvalue weighted by Crippen LogP contribution is -2.78. The van der Waals surface area contributed by atoms with E-state index in [9.17, 15) is 49.8 Å². The first-order valence-electron chi connectivity index (χ1n) is 20.7. The van der Waals surface area contributed by atoms with Gasteiger partial charge in [-0.3, -0.25) is 14.4 Å². The van der Waals surface area contributed by atoms with Gasteiger partial charge in [-0.05, 0) is 61.7 Å². The molecule has 0 saturated heterocycles. The summed E-state index contributed by atoms with van der Waals surface area (Å²) in [5.41, 5.74) is -8.74. The van der Waals surface area contributed by atoms with Gasteiger partial charge in [-0.1, -0.05) is 80.6 Å². The number of aliphatic hydroxyl groups excluding tert-OH is 4. The van der Waals surface area contributed by atoms with Crippen molar-refractivity contribution < 1.29 is 73.6 Å². The highest BCUT2D eigenvalue weighted by atomic mass is 16.6. The quantitative estimate of drug-likeness (QED) is 0.0598. The van der Waals surface area contributed by atoms with Gasteiger partial charge in [0.2, 0.25) is 0 Å². The molecule has 0 aliphatic heterocycles. The van der Waals surface area contributed by atoms with Gasteiger partial charge in [0, 0.05) is 36.7 Å². The van der Waals surface area contributed by atoms with Crippen molar-refractivity contribution in [2.75, 3.05) is 6.61 Å². The molecular formula is C47H55NO15. The summed E-state index contributed by atoms with van der Waals surface area (Å²) in [6.45, 7) is 6.71. The van der Waals surface area contributed by atoms with Crippen molar-refractivity contribution >= 4 is 29.6 Å². The first-order valence-corrected chi connectivity index (χ1v) is 20.7. The van der Waals surface area contributed by atoms with E-state index < -0.39 is 126 Å². The van der Waals surface area contributed by atoms with Crippen molar-refractivity contribution in [3.05, 3.63) is 119 Å². The molecule has 0 spiro atoms. The first kappa shape index (κ1) is 47.2. The predicted molar refractivity (Wildman–Crippen MR) is 222 cm³/mol. The lowest BCUT2D eigenvalue weighted by molar-refractivity contribution is -0.290. The molecule has 3 aliphatic rings. The minimum atomic E-state index is -2.73. The molecular weight excluding hydrogens is 819 g/mol. The highest BCUT2D eigenvalue weighted by Gasteiger charge is 2.75. The Morgan fingerprint density at radius 3 is 1.94 bits per heavy atom. The van der Waals surface area contributed by atoms with E-state index in [4.69, 9.17) is 18.9 Å². The number of ether oxygens (including phenoxy) is 4. The Bertz CT molecular complexity index is 2210. The van der Waals surface area contributed by atoms with Crippen LogP contribution in [0, 0.1) is 16.7 Å². The molecule has 63 heavy (non-hydrogen) atoms. The summed E-state index contributed by atoms with van der Waals surface area (Å²) in [4.78, 5) is 69.8. The molecule has 338 valence electrons. The average Bonchev–Trinajstić information content (AvgIpc) is 3.25. The number of amides is 1. The van der Waals surface area contributed by atoms with Crippen LogP contribution in [0.3, 0.4) is 0 Å². The molecule has 12 atom stereocenters. The number of hydrogen-bond donors (Lipinski definition) is 7. The van der Waals surface area contributed by atoms with Gasteiger partial charge in [-0.15, -0.1) is 0 Å². The maximum atomic E-state index is 15.4. The zero-order chi connectivity index (χ0) is 46.2. The molecule has 6 rings (SSSR count). The number of ketones is 1. The van der Waals surface area contributed by atoms with E-state index in [-0.39, 0.29) is 22.3 Å². The van der Waals surface area contributed by atoms with Gasteiger partial charge >= 0.3 is 17.9 Å². The van der Waals surface area contributed by atoms with E-state index in [1.165, 1.54) is 46.8 Å². The Morgan fingerprint density at radius 2 is 1.40 bits per heavy atom. The van der Waals surface area contributed by atoms with Crippen LogP contribution in [0.1, 0.15) is 86.7 Å². The zero-order valence-corrected chi connectivity index (χ0v) is 35.8. The summed E-state index contributed by atoms with van der Waals surface area (Å²) < 4.78 is 23.7. The predicted octanol–water partition coefficient (Wildman–Crippen LogP) is 2.48. The monoisotopic (exact) mass is 873 g/mol. The third-order valence-electron chi connectivity index (χ3n) is 13.3. The van der Waals surface area contributed by atoms with Crippen LogP contribution in [0.25, 0.3) is 0 Å². The van der Waals surface area contributed by atoms with Crippen molar-refractivity contribution in [3.8, 4) is 0 Å². The highest BCUT2D eigenvalue weighted by molar-refractivity contribution is 5.95. The van der Waals surface area contributed by atoms with Crippen LogP contribution in [-0.2, 0) is 33.3 Å². The van der Waals surface area contributed by atoms with Crippen molar-refractivity contribution in [2.24, 2.45) is 16.7 Å². The number of benzene rings is 3. The van der Waals surface area contributed by atoms with Gasteiger partial charge in [0.25, 0.3) is 5.91 Å². The molecule has 16 heteroatoms. The minimum absolute atomic E-state index is 0.0249. The molecule has 16 nitrogen and oxygen atoms in total. The maximum absolute atomic E-state index is 15.4. The lowest BCUT2D eigenvalue weighted by atomic mass is 9.45. The Hall–Kier alpha value is -5.33. The number of Topliss-reactive ketones (excluding diaryl/α,β-unsaturated/α-hetero) is 1. The number of fused-ring (bicyclic) bond motifs is 3. The summed E-state index contributed by atoms with van der Waals surface area (Å²) in [6, 6.07) is 22.4. The number of aliphatic hydroxyl groups is 6. The summed E-state index contributed by atoms with van der Waals surface area (Å²) in [5, 5.41) is 74.7. The van der Waals surface area contributed by atoms with Crippen LogP contribution in [0.5, 0.6) is 0 Å². The Labute approximate surface area is 364 Å². The van der Waals surface area contributed by atoms with Gasteiger partial charge in [-0.2, -0.15) is 0 Å². The molecule has 7 N–H and O–H groups in total. The summed E-state index contributed by atoms with van der Waals surface area (Å²) >= 11 is 0. The number of nitrogens with one attached hydrogen (secondary N) is 1. The van der Waals surface area contributed by atoms with Crippen LogP contribution in [-0.4, -0.2) is 121 Å². The van der Waals surface area contributed by atoms with E-state index in [1.54, 1.807) is 78.9 Å². The van der Waals surface area contributed by atoms with Crippen molar-refractivity contribution in [1.82, 2.24) is 5.32 Å². The lowest BCUT2D eigenvalue weighted by Gasteiger charge is -2.64. The summed E-state index contributed by atoms with van der Waals surface area (Å²) in [6.07, 6.45) is -14.1. The van der Waals surface area contributed by atoms with Crippen LogP contribution in [0.15, 0.2) is 102 Å². The normalized spacial score (nSPS) is 31.5. The second-order valence-electron chi connectivity index (χ2n) is 17.4. The fourth-order valence-corrected chi connectivity index (χ4v) is 9.85. The van der Waals surface area contributed by atoms with Gasteiger partial charge in [0.15, 0.2) is 18.2 Å². The number of hydrogen-bond acceptors (Lipinski definition) is 15.